The summed E-state index contributed by atoms with van der Waals surface area (Å²) in [5.41, 5.74) is 1.78. The first-order chi connectivity index (χ1) is 16.7. The monoisotopic (exact) mass is 471 g/mol. The van der Waals surface area contributed by atoms with Crippen LogP contribution in [0.4, 0.5) is 11.4 Å². The average Bonchev–Trinajstić information content (AvgIpc) is 2.81. The van der Waals surface area contributed by atoms with Crippen LogP contribution in [0.3, 0.4) is 0 Å². The van der Waals surface area contributed by atoms with Crippen molar-refractivity contribution < 1.29 is 19.5 Å². The molecule has 3 N–H and O–H groups in total. The van der Waals surface area contributed by atoms with Crippen molar-refractivity contribution in [2.45, 2.75) is 38.7 Å². The molecule has 2 aromatic carbocycles. The Bertz CT molecular complexity index is 1260. The number of ketones is 1. The molecule has 180 valence electrons. The summed E-state index contributed by atoms with van der Waals surface area (Å²) < 4.78 is 0. The number of nitrogens with one attached hydrogen (secondary N) is 2. The van der Waals surface area contributed by atoms with E-state index in [1.807, 2.05) is 44.2 Å². The summed E-state index contributed by atoms with van der Waals surface area (Å²) in [6.45, 7) is 5.21. The third kappa shape index (κ3) is 5.00. The number of amides is 2. The first-order valence-corrected chi connectivity index (χ1v) is 11.6. The smallest absolute Gasteiger partial charge is 0.235 e. The lowest BCUT2D eigenvalue weighted by molar-refractivity contribution is -0.150. The quantitative estimate of drug-likeness (QED) is 0.487. The summed E-state index contributed by atoms with van der Waals surface area (Å²) in [7, 11) is 0. The molecule has 35 heavy (non-hydrogen) atoms. The van der Waals surface area contributed by atoms with Crippen molar-refractivity contribution in [2.75, 3.05) is 10.6 Å². The molecule has 0 spiro atoms. The molecule has 4 rings (SSSR count). The zero-order chi connectivity index (χ0) is 25.2. The Labute approximate surface area is 204 Å². The van der Waals surface area contributed by atoms with Gasteiger partial charge in [-0.2, -0.15) is 0 Å². The highest BCUT2D eigenvalue weighted by Crippen LogP contribution is 2.46. The number of aliphatic hydroxyl groups is 1. The second kappa shape index (κ2) is 9.80. The van der Waals surface area contributed by atoms with Gasteiger partial charge < -0.3 is 15.7 Å². The number of benzene rings is 2. The third-order valence-corrected chi connectivity index (χ3v) is 6.71. The second-order valence-electron chi connectivity index (χ2n) is 9.38. The van der Waals surface area contributed by atoms with Gasteiger partial charge in [-0.3, -0.25) is 19.4 Å². The van der Waals surface area contributed by atoms with Gasteiger partial charge in [-0.25, -0.2) is 0 Å². The van der Waals surface area contributed by atoms with Gasteiger partial charge in [-0.1, -0.05) is 42.5 Å². The summed E-state index contributed by atoms with van der Waals surface area (Å²) in [6, 6.07) is 18.0. The van der Waals surface area contributed by atoms with E-state index in [1.165, 1.54) is 6.92 Å². The lowest BCUT2D eigenvalue weighted by Crippen LogP contribution is -2.56. The summed E-state index contributed by atoms with van der Waals surface area (Å²) >= 11 is 0. The predicted molar refractivity (Wildman–Crippen MR) is 134 cm³/mol. The molecule has 0 radical (unpaired) electrons. The van der Waals surface area contributed by atoms with Crippen LogP contribution in [0.2, 0.25) is 0 Å². The zero-order valence-corrected chi connectivity index (χ0v) is 20.0. The highest BCUT2D eigenvalue weighted by Gasteiger charge is 2.56. The molecule has 0 bridgehead atoms. The number of carbonyl (C=O) groups is 3. The van der Waals surface area contributed by atoms with Crippen LogP contribution in [0, 0.1) is 25.7 Å². The molecule has 7 heteroatoms. The largest absolute Gasteiger partial charge is 0.389 e. The van der Waals surface area contributed by atoms with Crippen LogP contribution in [0.5, 0.6) is 0 Å². The van der Waals surface area contributed by atoms with Gasteiger partial charge in [0.2, 0.25) is 11.8 Å². The van der Waals surface area contributed by atoms with E-state index >= 15 is 0 Å². The minimum absolute atomic E-state index is 0.318. The standard InChI is InChI=1S/C28H29N3O4/c1-17-9-4-6-12-20(17)30-26(33)24-22(32)15-28(3,35)25(23(24)19-11-8-14-29-16-19)27(34)31-21-13-7-5-10-18(21)2/h4-14,16,23-25,35H,15H2,1-3H3,(H,30,33)(H,31,34)/t23-,24+,25-,28-/m0/s1. The third-order valence-electron chi connectivity index (χ3n) is 6.71. The van der Waals surface area contributed by atoms with Gasteiger partial charge in [0.25, 0.3) is 0 Å². The number of para-hydroxylation sites is 2. The first kappa shape index (κ1) is 24.3. The lowest BCUT2D eigenvalue weighted by atomic mass is 9.61. The van der Waals surface area contributed by atoms with Gasteiger partial charge in [0.1, 0.15) is 11.7 Å². The molecule has 1 aliphatic carbocycles. The molecule has 7 nitrogen and oxygen atoms in total. The van der Waals surface area contributed by atoms with E-state index in [9.17, 15) is 19.5 Å². The molecule has 1 aliphatic rings. The molecule has 0 aliphatic heterocycles. The van der Waals surface area contributed by atoms with E-state index in [2.05, 4.69) is 15.6 Å². The van der Waals surface area contributed by atoms with Crippen LogP contribution in [0.1, 0.15) is 36.0 Å². The summed E-state index contributed by atoms with van der Waals surface area (Å²) in [5.74, 6) is -4.55. The Morgan fingerprint density at radius 1 is 0.914 bits per heavy atom. The maximum absolute atomic E-state index is 13.7. The minimum atomic E-state index is -1.66. The van der Waals surface area contributed by atoms with Crippen LogP contribution < -0.4 is 10.6 Å². The number of hydrogen-bond donors (Lipinski definition) is 3. The number of hydrogen-bond acceptors (Lipinski definition) is 5. The van der Waals surface area contributed by atoms with Crippen LogP contribution in [-0.2, 0) is 14.4 Å². The van der Waals surface area contributed by atoms with Gasteiger partial charge in [0, 0.05) is 36.1 Å². The summed E-state index contributed by atoms with van der Waals surface area (Å²) in [5, 5.41) is 17.1. The minimum Gasteiger partial charge on any atom is -0.389 e. The zero-order valence-electron chi connectivity index (χ0n) is 20.0. The second-order valence-corrected chi connectivity index (χ2v) is 9.38. The first-order valence-electron chi connectivity index (χ1n) is 11.6. The molecule has 3 aromatic rings. The van der Waals surface area contributed by atoms with Crippen molar-refractivity contribution in [1.82, 2.24) is 4.98 Å². The molecule has 0 unspecified atom stereocenters. The molecule has 1 aromatic heterocycles. The fraction of sp³-hybridized carbons (Fsp3) is 0.286. The number of anilines is 2. The van der Waals surface area contributed by atoms with E-state index in [0.717, 1.165) is 11.1 Å². The van der Waals surface area contributed by atoms with E-state index in [0.29, 0.717) is 16.9 Å². The molecular weight excluding hydrogens is 442 g/mol. The SMILES string of the molecule is Cc1ccccc1NC(=O)[C@@H]1C(=O)C[C@](C)(O)[C@H](C(=O)Nc2ccccc2C)[C@H]1c1cccnc1. The Hall–Kier alpha value is -3.84. The molecule has 0 saturated heterocycles. The van der Waals surface area contributed by atoms with Crippen LogP contribution in [-0.4, -0.2) is 33.3 Å². The van der Waals surface area contributed by atoms with Gasteiger partial charge in [0.15, 0.2) is 0 Å². The summed E-state index contributed by atoms with van der Waals surface area (Å²) in [4.78, 5) is 44.7. The molecule has 2 amide bonds. The Morgan fingerprint density at radius 2 is 1.49 bits per heavy atom. The fourth-order valence-corrected chi connectivity index (χ4v) is 4.91. The number of Topliss-reactive ketones (excluding diaryl/α,β-unsaturated/α-hetero) is 1. The number of rotatable bonds is 5. The van der Waals surface area contributed by atoms with E-state index in [-0.39, 0.29) is 6.42 Å². The molecular formula is C28H29N3O4. The lowest BCUT2D eigenvalue weighted by Gasteiger charge is -2.44. The van der Waals surface area contributed by atoms with Crippen LogP contribution in [0.25, 0.3) is 0 Å². The van der Waals surface area contributed by atoms with Crippen molar-refractivity contribution in [3.8, 4) is 0 Å². The van der Waals surface area contributed by atoms with Gasteiger partial charge in [0.05, 0.1) is 11.5 Å². The maximum atomic E-state index is 13.7. The van der Waals surface area contributed by atoms with Crippen molar-refractivity contribution >= 4 is 29.0 Å². The topological polar surface area (TPSA) is 108 Å². The van der Waals surface area contributed by atoms with Crippen molar-refractivity contribution in [3.05, 3.63) is 89.7 Å². The number of nitrogens with zero attached hydrogens (tertiary/aromatic N) is 1. The molecule has 4 atom stereocenters. The number of aryl methyl sites for hydroxylation is 2. The Morgan fingerprint density at radius 3 is 2.03 bits per heavy atom. The Balaban J connectivity index is 1.76. The van der Waals surface area contributed by atoms with E-state index < -0.39 is 41.0 Å². The van der Waals surface area contributed by atoms with Crippen molar-refractivity contribution in [1.29, 1.82) is 0 Å². The van der Waals surface area contributed by atoms with E-state index in [1.54, 1.807) is 42.7 Å². The number of carbonyl (C=O) groups excluding carboxylic acids is 3. The molecule has 1 fully saturated rings. The van der Waals surface area contributed by atoms with Crippen molar-refractivity contribution in [3.63, 3.8) is 0 Å². The Kier molecular flexibility index (Phi) is 6.80. The maximum Gasteiger partial charge on any atom is 0.235 e. The molecule has 1 heterocycles. The van der Waals surface area contributed by atoms with Gasteiger partial charge in [-0.15, -0.1) is 0 Å². The van der Waals surface area contributed by atoms with E-state index in [4.69, 9.17) is 0 Å². The number of pyridine rings is 1. The van der Waals surface area contributed by atoms with Gasteiger partial charge in [-0.05, 0) is 55.7 Å². The van der Waals surface area contributed by atoms with Gasteiger partial charge >= 0.3 is 0 Å². The predicted octanol–water partition coefficient (Wildman–Crippen LogP) is 4.02. The van der Waals surface area contributed by atoms with Crippen LogP contribution >= 0.6 is 0 Å². The fourth-order valence-electron chi connectivity index (χ4n) is 4.91. The normalized spacial score (nSPS) is 24.0. The average molecular weight is 472 g/mol. The highest BCUT2D eigenvalue weighted by molar-refractivity contribution is 6.10. The van der Waals surface area contributed by atoms with Crippen LogP contribution in [0.15, 0.2) is 73.1 Å². The van der Waals surface area contributed by atoms with Crippen molar-refractivity contribution in [2.24, 2.45) is 11.8 Å². The molecule has 1 saturated carbocycles. The number of aromatic nitrogens is 1. The summed E-state index contributed by atoms with van der Waals surface area (Å²) in [6.07, 6.45) is 2.81. The highest BCUT2D eigenvalue weighted by atomic mass is 16.3.